The third kappa shape index (κ3) is 4.72. The molecule has 1 saturated carbocycles. The van der Waals surface area contributed by atoms with Crippen molar-refractivity contribution in [1.29, 1.82) is 0 Å². The van der Waals surface area contributed by atoms with Crippen molar-refractivity contribution in [3.63, 3.8) is 0 Å². The van der Waals surface area contributed by atoms with E-state index in [9.17, 15) is 5.11 Å². The van der Waals surface area contributed by atoms with Crippen molar-refractivity contribution < 1.29 is 9.84 Å². The highest BCUT2D eigenvalue weighted by Gasteiger charge is 2.24. The first-order valence-electron chi connectivity index (χ1n) is 8.35. The van der Waals surface area contributed by atoms with Crippen molar-refractivity contribution in [3.8, 4) is 5.75 Å². The largest absolute Gasteiger partial charge is 0.494 e. The molecule has 0 heterocycles. The lowest BCUT2D eigenvalue weighted by molar-refractivity contribution is 0.106. The van der Waals surface area contributed by atoms with Crippen LogP contribution in [0, 0.1) is 5.92 Å². The van der Waals surface area contributed by atoms with Gasteiger partial charge >= 0.3 is 0 Å². The van der Waals surface area contributed by atoms with Crippen molar-refractivity contribution in [3.05, 3.63) is 29.8 Å². The van der Waals surface area contributed by atoms with Crippen LogP contribution in [0.3, 0.4) is 0 Å². The third-order valence-electron chi connectivity index (χ3n) is 4.64. The molecule has 118 valence electrons. The van der Waals surface area contributed by atoms with Crippen LogP contribution in [0.15, 0.2) is 24.3 Å². The molecule has 1 aliphatic rings. The van der Waals surface area contributed by atoms with Gasteiger partial charge in [0.2, 0.25) is 0 Å². The zero-order valence-corrected chi connectivity index (χ0v) is 13.1. The van der Waals surface area contributed by atoms with Gasteiger partial charge in [-0.2, -0.15) is 0 Å². The molecule has 1 aromatic rings. The van der Waals surface area contributed by atoms with E-state index >= 15 is 0 Å². The number of hydrogen-bond acceptors (Lipinski definition) is 3. The number of nitrogens with two attached hydrogens (primary N) is 1. The minimum atomic E-state index is -0.337. The number of ether oxygens (including phenoxy) is 1. The van der Waals surface area contributed by atoms with Gasteiger partial charge in [-0.3, -0.25) is 0 Å². The molecule has 0 spiro atoms. The predicted octanol–water partition coefficient (Wildman–Crippen LogP) is 3.46. The summed E-state index contributed by atoms with van der Waals surface area (Å²) in [6.45, 7) is 3.14. The Kier molecular flexibility index (Phi) is 6.52. The van der Waals surface area contributed by atoms with Gasteiger partial charge in [0.15, 0.2) is 0 Å². The standard InChI is InChI=1S/C18H29NO2/c1-2-21-16-10-8-15(9-11-16)17(13-19)18(20)12-14-6-4-3-5-7-14/h8-11,14,17-18,20H,2-7,12-13,19H2,1H3. The van der Waals surface area contributed by atoms with E-state index in [0.29, 0.717) is 19.1 Å². The first-order chi connectivity index (χ1) is 10.2. The number of aliphatic hydroxyl groups is 1. The van der Waals surface area contributed by atoms with Gasteiger partial charge in [-0.1, -0.05) is 44.2 Å². The maximum atomic E-state index is 10.6. The number of aliphatic hydroxyl groups excluding tert-OH is 1. The Balaban J connectivity index is 1.96. The van der Waals surface area contributed by atoms with Crippen LogP contribution >= 0.6 is 0 Å². The number of benzene rings is 1. The molecule has 3 heteroatoms. The summed E-state index contributed by atoms with van der Waals surface area (Å²) in [6.07, 6.45) is 7.05. The molecule has 0 aromatic heterocycles. The van der Waals surface area contributed by atoms with E-state index in [1.54, 1.807) is 0 Å². The molecule has 1 aliphatic carbocycles. The smallest absolute Gasteiger partial charge is 0.119 e. The Labute approximate surface area is 128 Å². The Morgan fingerprint density at radius 1 is 1.19 bits per heavy atom. The van der Waals surface area contributed by atoms with Crippen LogP contribution in [0.2, 0.25) is 0 Å². The Morgan fingerprint density at radius 3 is 2.43 bits per heavy atom. The first-order valence-corrected chi connectivity index (χ1v) is 8.35. The van der Waals surface area contributed by atoms with Crippen LogP contribution in [0.5, 0.6) is 5.75 Å². The van der Waals surface area contributed by atoms with Crippen LogP contribution in [-0.2, 0) is 0 Å². The predicted molar refractivity (Wildman–Crippen MR) is 86.6 cm³/mol. The Morgan fingerprint density at radius 2 is 1.86 bits per heavy atom. The molecule has 3 nitrogen and oxygen atoms in total. The first kappa shape index (κ1) is 16.3. The monoisotopic (exact) mass is 291 g/mol. The molecule has 2 unspecified atom stereocenters. The summed E-state index contributed by atoms with van der Waals surface area (Å²) in [7, 11) is 0. The minimum Gasteiger partial charge on any atom is -0.494 e. The van der Waals surface area contributed by atoms with E-state index < -0.39 is 0 Å². The summed E-state index contributed by atoms with van der Waals surface area (Å²) in [4.78, 5) is 0. The highest BCUT2D eigenvalue weighted by atomic mass is 16.5. The van der Waals surface area contributed by atoms with Crippen molar-refractivity contribution >= 4 is 0 Å². The van der Waals surface area contributed by atoms with Gasteiger partial charge in [0.25, 0.3) is 0 Å². The van der Waals surface area contributed by atoms with E-state index in [1.165, 1.54) is 32.1 Å². The molecule has 0 amide bonds. The van der Waals surface area contributed by atoms with E-state index in [0.717, 1.165) is 17.7 Å². The molecule has 0 bridgehead atoms. The number of rotatable bonds is 7. The van der Waals surface area contributed by atoms with Crippen LogP contribution in [0.4, 0.5) is 0 Å². The molecular weight excluding hydrogens is 262 g/mol. The second kappa shape index (κ2) is 8.40. The second-order valence-electron chi connectivity index (χ2n) is 6.15. The minimum absolute atomic E-state index is 0.0302. The van der Waals surface area contributed by atoms with Crippen LogP contribution in [-0.4, -0.2) is 24.4 Å². The summed E-state index contributed by atoms with van der Waals surface area (Å²) in [6, 6.07) is 8.00. The van der Waals surface area contributed by atoms with Crippen molar-refractivity contribution in [1.82, 2.24) is 0 Å². The summed E-state index contributed by atoms with van der Waals surface area (Å²) in [5.74, 6) is 1.58. The third-order valence-corrected chi connectivity index (χ3v) is 4.64. The fraction of sp³-hybridized carbons (Fsp3) is 0.667. The van der Waals surface area contributed by atoms with Gasteiger partial charge in [-0.05, 0) is 37.0 Å². The summed E-state index contributed by atoms with van der Waals surface area (Å²) in [5, 5.41) is 10.6. The summed E-state index contributed by atoms with van der Waals surface area (Å²) < 4.78 is 5.46. The van der Waals surface area contributed by atoms with E-state index in [4.69, 9.17) is 10.5 Å². The number of hydrogen-bond donors (Lipinski definition) is 2. The molecule has 1 fully saturated rings. The molecular formula is C18H29NO2. The van der Waals surface area contributed by atoms with Crippen LogP contribution < -0.4 is 10.5 Å². The second-order valence-corrected chi connectivity index (χ2v) is 6.15. The fourth-order valence-electron chi connectivity index (χ4n) is 3.42. The van der Waals surface area contributed by atoms with Gasteiger partial charge in [0.1, 0.15) is 5.75 Å². The molecule has 1 aromatic carbocycles. The van der Waals surface area contributed by atoms with Gasteiger partial charge in [0, 0.05) is 12.5 Å². The van der Waals surface area contributed by atoms with Gasteiger partial charge < -0.3 is 15.6 Å². The molecule has 2 atom stereocenters. The van der Waals surface area contributed by atoms with Crippen molar-refractivity contribution in [2.45, 2.75) is 57.5 Å². The average molecular weight is 291 g/mol. The average Bonchev–Trinajstić information content (AvgIpc) is 2.51. The van der Waals surface area contributed by atoms with E-state index in [2.05, 4.69) is 0 Å². The molecule has 3 N–H and O–H groups in total. The molecule has 0 saturated heterocycles. The zero-order valence-electron chi connectivity index (χ0n) is 13.1. The lowest BCUT2D eigenvalue weighted by Crippen LogP contribution is -2.28. The maximum absolute atomic E-state index is 10.6. The molecule has 0 aliphatic heterocycles. The van der Waals surface area contributed by atoms with E-state index in [-0.39, 0.29) is 12.0 Å². The van der Waals surface area contributed by atoms with Crippen LogP contribution in [0.25, 0.3) is 0 Å². The van der Waals surface area contributed by atoms with E-state index in [1.807, 2.05) is 31.2 Å². The van der Waals surface area contributed by atoms with Gasteiger partial charge in [-0.25, -0.2) is 0 Å². The maximum Gasteiger partial charge on any atom is 0.119 e. The van der Waals surface area contributed by atoms with Gasteiger partial charge in [-0.15, -0.1) is 0 Å². The lowest BCUT2D eigenvalue weighted by atomic mass is 9.81. The van der Waals surface area contributed by atoms with Crippen molar-refractivity contribution in [2.75, 3.05) is 13.2 Å². The quantitative estimate of drug-likeness (QED) is 0.809. The molecule has 2 rings (SSSR count). The Hall–Kier alpha value is -1.06. The molecule has 0 radical (unpaired) electrons. The van der Waals surface area contributed by atoms with Crippen molar-refractivity contribution in [2.24, 2.45) is 11.7 Å². The highest BCUT2D eigenvalue weighted by Crippen LogP contribution is 2.31. The normalized spacial score (nSPS) is 19.2. The Bertz CT molecular complexity index is 398. The fourth-order valence-corrected chi connectivity index (χ4v) is 3.42. The van der Waals surface area contributed by atoms with Crippen LogP contribution in [0.1, 0.15) is 56.9 Å². The SMILES string of the molecule is CCOc1ccc(C(CN)C(O)CC2CCCCC2)cc1. The molecule has 21 heavy (non-hydrogen) atoms. The summed E-state index contributed by atoms with van der Waals surface area (Å²) >= 11 is 0. The lowest BCUT2D eigenvalue weighted by Gasteiger charge is -2.28. The summed E-state index contributed by atoms with van der Waals surface area (Å²) in [5.41, 5.74) is 7.03. The van der Waals surface area contributed by atoms with Gasteiger partial charge in [0.05, 0.1) is 12.7 Å². The zero-order chi connectivity index (χ0) is 15.1. The topological polar surface area (TPSA) is 55.5 Å². The highest BCUT2D eigenvalue weighted by molar-refractivity contribution is 5.30.